The number of carbonyl (C=O) groups excluding carboxylic acids is 4. The molecule has 0 bridgehead atoms. The Bertz CT molecular complexity index is 745. The summed E-state index contributed by atoms with van der Waals surface area (Å²) in [4.78, 5) is 41.0. The summed E-state index contributed by atoms with van der Waals surface area (Å²) in [5.74, 6) is -1.37. The molecule has 2 aliphatic heterocycles. The van der Waals surface area contributed by atoms with Gasteiger partial charge in [-0.3, -0.25) is 29.6 Å². The molecule has 2 saturated heterocycles. The second kappa shape index (κ2) is 14.9. The monoisotopic (exact) mass is 466 g/mol. The Balaban J connectivity index is 0.000000384. The zero-order valence-electron chi connectivity index (χ0n) is 16.4. The van der Waals surface area contributed by atoms with Crippen molar-refractivity contribution in [2.45, 2.75) is 25.7 Å². The van der Waals surface area contributed by atoms with Gasteiger partial charge in [0.15, 0.2) is 0 Å². The molecule has 0 saturated carbocycles. The summed E-state index contributed by atoms with van der Waals surface area (Å²) in [6, 6.07) is 17.4. The number of rotatable bonds is 0. The van der Waals surface area contributed by atoms with Gasteiger partial charge in [0, 0.05) is 47.4 Å². The molecule has 10 nitrogen and oxygen atoms in total. The molecule has 2 heterocycles. The van der Waals surface area contributed by atoms with Gasteiger partial charge < -0.3 is 10.2 Å². The Morgan fingerprint density at radius 1 is 0.516 bits per heavy atom. The predicted molar refractivity (Wildman–Crippen MR) is 102 cm³/mol. The number of hydrogen-bond acceptors (Lipinski definition) is 8. The van der Waals surface area contributed by atoms with E-state index in [0.29, 0.717) is 11.5 Å². The van der Waals surface area contributed by atoms with Gasteiger partial charge in [0.05, 0.1) is 0 Å². The SMILES string of the molecule is O=C1CCC(=O)N1O.O=C1CCC(=O)N1O.Oc1ccccc1.Oc1ccccc1.[Ti]. The van der Waals surface area contributed by atoms with Crippen LogP contribution in [0.3, 0.4) is 0 Å². The maximum Gasteiger partial charge on any atom is 0.253 e. The first-order valence-electron chi connectivity index (χ1n) is 8.79. The molecule has 2 fully saturated rings. The average Bonchev–Trinajstić information content (AvgIpc) is 3.20. The quantitative estimate of drug-likeness (QED) is 0.260. The molecular formula is C20H22N2O8Ti. The largest absolute Gasteiger partial charge is 0.508 e. The second-order valence-electron chi connectivity index (χ2n) is 5.87. The molecule has 0 atom stereocenters. The fourth-order valence-electron chi connectivity index (χ4n) is 1.99. The predicted octanol–water partition coefficient (Wildman–Crippen LogP) is 1.83. The number of aromatic hydroxyl groups is 2. The van der Waals surface area contributed by atoms with Crippen molar-refractivity contribution in [3.05, 3.63) is 60.7 Å². The minimum atomic E-state index is -0.505. The number of benzene rings is 2. The first-order valence-corrected chi connectivity index (χ1v) is 8.79. The molecule has 0 aliphatic carbocycles. The standard InChI is InChI=1S/2C6H6O.2C4H5NO3.Ti/c2*7-6-4-2-1-3-5-6;2*6-3-1-2-4(7)5(3)8;/h2*1-5,7H;2*8H,1-2H2;. The summed E-state index contributed by atoms with van der Waals surface area (Å²) in [6.07, 6.45) is 0.593. The van der Waals surface area contributed by atoms with Crippen molar-refractivity contribution in [3.8, 4) is 11.5 Å². The van der Waals surface area contributed by atoms with E-state index >= 15 is 0 Å². The summed E-state index contributed by atoms with van der Waals surface area (Å²) < 4.78 is 0. The van der Waals surface area contributed by atoms with Crippen molar-refractivity contribution in [1.29, 1.82) is 0 Å². The van der Waals surface area contributed by atoms with Crippen molar-refractivity contribution in [3.63, 3.8) is 0 Å². The molecule has 0 radical (unpaired) electrons. The molecule has 0 unspecified atom stereocenters. The zero-order valence-corrected chi connectivity index (χ0v) is 18.0. The van der Waals surface area contributed by atoms with Crippen molar-refractivity contribution in [1.82, 2.24) is 10.1 Å². The van der Waals surface area contributed by atoms with Gasteiger partial charge in [0.1, 0.15) is 11.5 Å². The van der Waals surface area contributed by atoms with Crippen molar-refractivity contribution in [2.75, 3.05) is 0 Å². The maximum absolute atomic E-state index is 10.2. The van der Waals surface area contributed by atoms with Gasteiger partial charge in [-0.2, -0.15) is 10.1 Å². The normalized spacial score (nSPS) is 14.4. The fraction of sp³-hybridized carbons (Fsp3) is 0.200. The van der Waals surface area contributed by atoms with E-state index in [1.54, 1.807) is 48.5 Å². The van der Waals surface area contributed by atoms with Crippen LogP contribution in [-0.4, -0.2) is 54.4 Å². The Labute approximate surface area is 193 Å². The molecule has 2 aliphatic rings. The van der Waals surface area contributed by atoms with Gasteiger partial charge in [-0.15, -0.1) is 0 Å². The van der Waals surface area contributed by atoms with Crippen LogP contribution in [0.4, 0.5) is 0 Å². The van der Waals surface area contributed by atoms with Crippen LogP contribution in [0.5, 0.6) is 11.5 Å². The third-order valence-electron chi connectivity index (χ3n) is 3.56. The van der Waals surface area contributed by atoms with Crippen LogP contribution >= 0.6 is 0 Å². The molecule has 4 rings (SSSR count). The van der Waals surface area contributed by atoms with Crippen LogP contribution in [0.2, 0.25) is 0 Å². The first-order chi connectivity index (χ1) is 14.2. The molecule has 4 N–H and O–H groups in total. The molecule has 0 spiro atoms. The number of nitrogens with zero attached hydrogens (tertiary/aromatic N) is 2. The number of imide groups is 2. The van der Waals surface area contributed by atoms with Crippen LogP contribution < -0.4 is 0 Å². The third kappa shape index (κ3) is 11.1. The Kier molecular flexibility index (Phi) is 13.4. The molecule has 2 aromatic carbocycles. The minimum absolute atomic E-state index is 0. The van der Waals surface area contributed by atoms with E-state index < -0.39 is 23.6 Å². The fourth-order valence-corrected chi connectivity index (χ4v) is 1.99. The zero-order chi connectivity index (χ0) is 22.5. The Hall–Kier alpha value is -3.05. The number of carbonyl (C=O) groups is 4. The van der Waals surface area contributed by atoms with E-state index in [0.717, 1.165) is 0 Å². The van der Waals surface area contributed by atoms with Gasteiger partial charge in [-0.25, -0.2) is 0 Å². The van der Waals surface area contributed by atoms with Crippen LogP contribution in [0.15, 0.2) is 60.7 Å². The molecular weight excluding hydrogens is 444 g/mol. The summed E-state index contributed by atoms with van der Waals surface area (Å²) >= 11 is 0. The van der Waals surface area contributed by atoms with Crippen LogP contribution in [-0.2, 0) is 40.9 Å². The van der Waals surface area contributed by atoms with E-state index in [1.165, 1.54) is 0 Å². The third-order valence-corrected chi connectivity index (χ3v) is 3.56. The van der Waals surface area contributed by atoms with Crippen LogP contribution in [0.1, 0.15) is 25.7 Å². The van der Waals surface area contributed by atoms with Gasteiger partial charge >= 0.3 is 0 Å². The number of hydroxylamine groups is 4. The number of amides is 4. The molecule has 4 amide bonds. The van der Waals surface area contributed by atoms with E-state index in [9.17, 15) is 19.2 Å². The molecule has 0 aromatic heterocycles. The summed E-state index contributed by atoms with van der Waals surface area (Å²) in [6.45, 7) is 0. The summed E-state index contributed by atoms with van der Waals surface area (Å²) in [7, 11) is 0. The van der Waals surface area contributed by atoms with Gasteiger partial charge in [-0.1, -0.05) is 36.4 Å². The molecule has 31 heavy (non-hydrogen) atoms. The number of phenols is 2. The number of para-hydroxylation sites is 2. The minimum Gasteiger partial charge on any atom is -0.508 e. The van der Waals surface area contributed by atoms with Crippen LogP contribution in [0, 0.1) is 0 Å². The van der Waals surface area contributed by atoms with E-state index in [1.807, 2.05) is 12.1 Å². The maximum atomic E-state index is 10.2. The molecule has 164 valence electrons. The van der Waals surface area contributed by atoms with Crippen molar-refractivity contribution >= 4 is 23.6 Å². The van der Waals surface area contributed by atoms with Crippen molar-refractivity contribution in [2.24, 2.45) is 0 Å². The number of hydrogen-bond donors (Lipinski definition) is 4. The topological polar surface area (TPSA) is 156 Å². The summed E-state index contributed by atoms with van der Waals surface area (Å²) in [5.41, 5.74) is 0. The van der Waals surface area contributed by atoms with Gasteiger partial charge in [0.2, 0.25) is 0 Å². The van der Waals surface area contributed by atoms with E-state index in [-0.39, 0.29) is 57.5 Å². The summed E-state index contributed by atoms with van der Waals surface area (Å²) in [5, 5.41) is 34.4. The Morgan fingerprint density at radius 2 is 0.742 bits per heavy atom. The number of phenolic OH excluding ortho intramolecular Hbond substituents is 2. The van der Waals surface area contributed by atoms with Gasteiger partial charge in [0.25, 0.3) is 23.6 Å². The average molecular weight is 466 g/mol. The molecule has 11 heteroatoms. The first kappa shape index (κ1) is 28.0. The van der Waals surface area contributed by atoms with Gasteiger partial charge in [-0.05, 0) is 24.3 Å². The van der Waals surface area contributed by atoms with Crippen molar-refractivity contribution < 1.29 is 61.5 Å². The molecule has 2 aromatic rings. The smallest absolute Gasteiger partial charge is 0.253 e. The second-order valence-corrected chi connectivity index (χ2v) is 5.87. The van der Waals surface area contributed by atoms with Crippen LogP contribution in [0.25, 0.3) is 0 Å². The van der Waals surface area contributed by atoms with E-state index in [2.05, 4.69) is 0 Å². The van der Waals surface area contributed by atoms with E-state index in [4.69, 9.17) is 20.6 Å². The Morgan fingerprint density at radius 3 is 0.839 bits per heavy atom.